The van der Waals surface area contributed by atoms with Crippen LogP contribution >= 0.6 is 0 Å². The Morgan fingerprint density at radius 1 is 1.10 bits per heavy atom. The molecule has 2 amide bonds. The quantitative estimate of drug-likeness (QED) is 0.791. The standard InChI is InChI=1S/C23H26N2O4/c1-5-29-22(28)16-8-6-15(7-9-16)21(27)24-17-10-11-18-19(14-17)25(4)20(26)12-13-23(18,2)3/h6-11,14H,5,12-13H2,1-4H3,(H,24,27). The molecule has 0 aromatic heterocycles. The average molecular weight is 394 g/mol. The summed E-state index contributed by atoms with van der Waals surface area (Å²) in [6.07, 6.45) is 1.27. The Morgan fingerprint density at radius 2 is 1.76 bits per heavy atom. The molecule has 1 N–H and O–H groups in total. The Labute approximate surface area is 170 Å². The number of nitrogens with one attached hydrogen (secondary N) is 1. The molecule has 0 fully saturated rings. The first-order valence-electron chi connectivity index (χ1n) is 9.72. The van der Waals surface area contributed by atoms with Crippen molar-refractivity contribution in [2.24, 2.45) is 0 Å². The van der Waals surface area contributed by atoms with Crippen molar-refractivity contribution in [3.8, 4) is 0 Å². The van der Waals surface area contributed by atoms with Crippen molar-refractivity contribution < 1.29 is 19.1 Å². The second-order valence-electron chi connectivity index (χ2n) is 7.82. The lowest BCUT2D eigenvalue weighted by Gasteiger charge is -2.26. The minimum Gasteiger partial charge on any atom is -0.462 e. The van der Waals surface area contributed by atoms with Gasteiger partial charge in [0.2, 0.25) is 5.91 Å². The van der Waals surface area contributed by atoms with E-state index in [1.807, 2.05) is 18.2 Å². The van der Waals surface area contributed by atoms with E-state index in [1.165, 1.54) is 0 Å². The maximum Gasteiger partial charge on any atom is 0.338 e. The van der Waals surface area contributed by atoms with Gasteiger partial charge in [-0.1, -0.05) is 19.9 Å². The SMILES string of the molecule is CCOC(=O)c1ccc(C(=O)Nc2ccc3c(c2)N(C)C(=O)CCC3(C)C)cc1. The highest BCUT2D eigenvalue weighted by Gasteiger charge is 2.31. The lowest BCUT2D eigenvalue weighted by Crippen LogP contribution is -2.25. The second-order valence-corrected chi connectivity index (χ2v) is 7.82. The molecule has 0 bridgehead atoms. The lowest BCUT2D eigenvalue weighted by atomic mass is 9.80. The van der Waals surface area contributed by atoms with E-state index in [-0.39, 0.29) is 17.2 Å². The lowest BCUT2D eigenvalue weighted by molar-refractivity contribution is -0.118. The number of carbonyl (C=O) groups excluding carboxylic acids is 3. The smallest absolute Gasteiger partial charge is 0.338 e. The van der Waals surface area contributed by atoms with Crippen LogP contribution in [0.2, 0.25) is 0 Å². The molecule has 2 aromatic rings. The van der Waals surface area contributed by atoms with E-state index < -0.39 is 5.97 Å². The van der Waals surface area contributed by atoms with Crippen LogP contribution in [0.15, 0.2) is 42.5 Å². The zero-order valence-corrected chi connectivity index (χ0v) is 17.2. The molecule has 6 nitrogen and oxygen atoms in total. The van der Waals surface area contributed by atoms with Gasteiger partial charge >= 0.3 is 5.97 Å². The van der Waals surface area contributed by atoms with E-state index in [0.29, 0.717) is 29.8 Å². The molecule has 0 aliphatic carbocycles. The van der Waals surface area contributed by atoms with Crippen molar-refractivity contribution in [3.05, 3.63) is 59.2 Å². The van der Waals surface area contributed by atoms with Crippen LogP contribution in [0, 0.1) is 0 Å². The van der Waals surface area contributed by atoms with Crippen molar-refractivity contribution in [1.82, 2.24) is 0 Å². The first kappa shape index (κ1) is 20.6. The Balaban J connectivity index is 1.82. The zero-order valence-electron chi connectivity index (χ0n) is 17.2. The number of fused-ring (bicyclic) bond motifs is 1. The molecule has 0 unspecified atom stereocenters. The number of anilines is 2. The first-order valence-corrected chi connectivity index (χ1v) is 9.72. The van der Waals surface area contributed by atoms with Gasteiger partial charge in [0.05, 0.1) is 12.2 Å². The van der Waals surface area contributed by atoms with Crippen molar-refractivity contribution >= 4 is 29.2 Å². The molecule has 29 heavy (non-hydrogen) atoms. The van der Waals surface area contributed by atoms with E-state index in [1.54, 1.807) is 43.1 Å². The molecule has 3 rings (SSSR count). The van der Waals surface area contributed by atoms with Crippen LogP contribution < -0.4 is 10.2 Å². The fourth-order valence-electron chi connectivity index (χ4n) is 3.49. The normalized spacial score (nSPS) is 15.3. The Hall–Kier alpha value is -3.15. The average Bonchev–Trinajstić information content (AvgIpc) is 2.79. The first-order chi connectivity index (χ1) is 13.7. The van der Waals surface area contributed by atoms with Gasteiger partial charge in [-0.25, -0.2) is 4.79 Å². The number of hydrogen-bond donors (Lipinski definition) is 1. The van der Waals surface area contributed by atoms with Crippen LogP contribution in [0.4, 0.5) is 11.4 Å². The van der Waals surface area contributed by atoms with Gasteiger partial charge in [0.1, 0.15) is 0 Å². The van der Waals surface area contributed by atoms with Crippen molar-refractivity contribution in [1.29, 1.82) is 0 Å². The highest BCUT2D eigenvalue weighted by atomic mass is 16.5. The van der Waals surface area contributed by atoms with E-state index >= 15 is 0 Å². The number of esters is 1. The van der Waals surface area contributed by atoms with Crippen molar-refractivity contribution in [2.45, 2.75) is 39.0 Å². The van der Waals surface area contributed by atoms with Crippen LogP contribution in [0.1, 0.15) is 59.9 Å². The van der Waals surface area contributed by atoms with E-state index in [9.17, 15) is 14.4 Å². The van der Waals surface area contributed by atoms with Gasteiger partial charge in [-0.3, -0.25) is 9.59 Å². The van der Waals surface area contributed by atoms with Gasteiger partial charge in [0, 0.05) is 30.4 Å². The number of hydrogen-bond acceptors (Lipinski definition) is 4. The third-order valence-electron chi connectivity index (χ3n) is 5.34. The van der Waals surface area contributed by atoms with Crippen LogP contribution in [0.25, 0.3) is 0 Å². The molecule has 1 aliphatic rings. The summed E-state index contributed by atoms with van der Waals surface area (Å²) in [6, 6.07) is 12.0. The number of carbonyl (C=O) groups is 3. The summed E-state index contributed by atoms with van der Waals surface area (Å²) in [7, 11) is 1.77. The van der Waals surface area contributed by atoms with Gasteiger partial charge in [-0.05, 0) is 60.7 Å². The third kappa shape index (κ3) is 4.31. The predicted molar refractivity (Wildman–Crippen MR) is 112 cm³/mol. The number of benzene rings is 2. The van der Waals surface area contributed by atoms with Crippen molar-refractivity contribution in [2.75, 3.05) is 23.9 Å². The summed E-state index contributed by atoms with van der Waals surface area (Å²) < 4.78 is 4.95. The minimum absolute atomic E-state index is 0.0647. The van der Waals surface area contributed by atoms with Gasteiger partial charge in [-0.2, -0.15) is 0 Å². The maximum atomic E-state index is 12.6. The van der Waals surface area contributed by atoms with E-state index in [4.69, 9.17) is 4.74 Å². The van der Waals surface area contributed by atoms with E-state index in [0.717, 1.165) is 17.7 Å². The molecule has 0 radical (unpaired) electrons. The van der Waals surface area contributed by atoms with Gasteiger partial charge in [-0.15, -0.1) is 0 Å². The number of rotatable bonds is 4. The highest BCUT2D eigenvalue weighted by Crippen LogP contribution is 2.40. The largest absolute Gasteiger partial charge is 0.462 e. The fraction of sp³-hybridized carbons (Fsp3) is 0.348. The zero-order chi connectivity index (χ0) is 21.2. The monoisotopic (exact) mass is 394 g/mol. The molecule has 1 heterocycles. The van der Waals surface area contributed by atoms with Gasteiger partial charge < -0.3 is 15.0 Å². The molecule has 0 saturated carbocycles. The predicted octanol–water partition coefficient (Wildman–Crippen LogP) is 4.15. The van der Waals surface area contributed by atoms with Gasteiger partial charge in [0.25, 0.3) is 5.91 Å². The molecule has 152 valence electrons. The molecular formula is C23H26N2O4. The number of amides is 2. The summed E-state index contributed by atoms with van der Waals surface area (Å²) in [5.74, 6) is -0.641. The Kier molecular flexibility index (Phi) is 5.73. The number of ether oxygens (including phenoxy) is 1. The molecule has 1 aliphatic heterocycles. The molecule has 0 spiro atoms. The third-order valence-corrected chi connectivity index (χ3v) is 5.34. The Bertz CT molecular complexity index is 948. The molecule has 6 heteroatoms. The molecule has 2 aromatic carbocycles. The summed E-state index contributed by atoms with van der Waals surface area (Å²) in [5, 5.41) is 2.87. The molecule has 0 saturated heterocycles. The van der Waals surface area contributed by atoms with Crippen molar-refractivity contribution in [3.63, 3.8) is 0 Å². The molecule has 0 atom stereocenters. The molecular weight excluding hydrogens is 368 g/mol. The maximum absolute atomic E-state index is 12.6. The van der Waals surface area contributed by atoms with E-state index in [2.05, 4.69) is 19.2 Å². The summed E-state index contributed by atoms with van der Waals surface area (Å²) in [5.41, 5.74) is 3.21. The summed E-state index contributed by atoms with van der Waals surface area (Å²) in [4.78, 5) is 38.4. The Morgan fingerprint density at radius 3 is 2.41 bits per heavy atom. The topological polar surface area (TPSA) is 75.7 Å². The van der Waals surface area contributed by atoms with Crippen LogP contribution in [-0.2, 0) is 14.9 Å². The second kappa shape index (κ2) is 8.07. The summed E-state index contributed by atoms with van der Waals surface area (Å²) in [6.45, 7) is 6.29. The summed E-state index contributed by atoms with van der Waals surface area (Å²) >= 11 is 0. The minimum atomic E-state index is -0.416. The fourth-order valence-corrected chi connectivity index (χ4v) is 3.49. The van der Waals surface area contributed by atoms with Crippen LogP contribution in [-0.4, -0.2) is 31.4 Å². The number of nitrogens with zero attached hydrogens (tertiary/aromatic N) is 1. The van der Waals surface area contributed by atoms with Crippen LogP contribution in [0.3, 0.4) is 0 Å². The highest BCUT2D eigenvalue weighted by molar-refractivity contribution is 6.05. The van der Waals surface area contributed by atoms with Crippen LogP contribution in [0.5, 0.6) is 0 Å². The van der Waals surface area contributed by atoms with Gasteiger partial charge in [0.15, 0.2) is 0 Å².